The molecule has 28 heavy (non-hydrogen) atoms. The zero-order chi connectivity index (χ0) is 20.5. The molecule has 0 radical (unpaired) electrons. The van der Waals surface area contributed by atoms with Gasteiger partial charge in [0, 0.05) is 28.8 Å². The number of nitrogens with zero attached hydrogens (tertiary/aromatic N) is 4. The number of anilines is 1. The Morgan fingerprint density at radius 3 is 2.79 bits per heavy atom. The maximum absolute atomic E-state index is 12.8. The van der Waals surface area contributed by atoms with Crippen molar-refractivity contribution in [3.8, 4) is 0 Å². The van der Waals surface area contributed by atoms with Gasteiger partial charge >= 0.3 is 12.0 Å². The van der Waals surface area contributed by atoms with E-state index in [9.17, 15) is 18.0 Å². The third-order valence-electron chi connectivity index (χ3n) is 3.71. The number of hydrogen-bond acceptors (Lipinski definition) is 8. The Bertz CT molecular complexity index is 1010. The molecule has 2 amide bonds. The number of carbonyl (C=O) groups excluding carboxylic acids is 2. The molecule has 3 rings (SSSR count). The van der Waals surface area contributed by atoms with Gasteiger partial charge in [0.1, 0.15) is 9.90 Å². The van der Waals surface area contributed by atoms with E-state index >= 15 is 0 Å². The molecule has 2 aromatic heterocycles. The van der Waals surface area contributed by atoms with E-state index < -0.39 is 28.1 Å². The van der Waals surface area contributed by atoms with Gasteiger partial charge in [0.05, 0.1) is 12.7 Å². The molecule has 2 aromatic rings. The zero-order valence-electron chi connectivity index (χ0n) is 14.4. The van der Waals surface area contributed by atoms with Crippen LogP contribution < -0.4 is 4.90 Å². The molecular formula is C15H14Br2N4O5S2. The highest BCUT2D eigenvalue weighted by Crippen LogP contribution is 2.32. The molecular weight excluding hydrogens is 540 g/mol. The Hall–Kier alpha value is -1.57. The number of urea groups is 1. The number of thiazole rings is 1. The molecule has 0 bridgehead atoms. The quantitative estimate of drug-likeness (QED) is 0.399. The van der Waals surface area contributed by atoms with Crippen LogP contribution in [0, 0.1) is 0 Å². The van der Waals surface area contributed by atoms with Crippen molar-refractivity contribution in [1.82, 2.24) is 14.9 Å². The van der Waals surface area contributed by atoms with Gasteiger partial charge in [-0.25, -0.2) is 32.9 Å². The SMILES string of the molecule is CS(=O)(=O)c1cnc(N2C(=O)N(CCBr)CC2OC(=O)c2cc(Br)ccn2)s1. The number of pyridine rings is 1. The number of ether oxygens (including phenoxy) is 1. The average Bonchev–Trinajstić information content (AvgIpc) is 3.21. The van der Waals surface area contributed by atoms with E-state index in [1.54, 1.807) is 6.07 Å². The second-order valence-electron chi connectivity index (χ2n) is 5.74. The summed E-state index contributed by atoms with van der Waals surface area (Å²) in [5, 5.41) is 0.676. The van der Waals surface area contributed by atoms with Crippen LogP contribution in [0.1, 0.15) is 10.5 Å². The first-order valence-corrected chi connectivity index (χ1v) is 12.5. The lowest BCUT2D eigenvalue weighted by atomic mass is 10.3. The van der Waals surface area contributed by atoms with Crippen molar-refractivity contribution in [2.24, 2.45) is 0 Å². The van der Waals surface area contributed by atoms with E-state index in [-0.39, 0.29) is 21.6 Å². The van der Waals surface area contributed by atoms with Crippen LogP contribution in [0.2, 0.25) is 0 Å². The second kappa shape index (κ2) is 8.43. The fourth-order valence-corrected chi connectivity index (χ4v) is 4.96. The number of carbonyl (C=O) groups is 2. The summed E-state index contributed by atoms with van der Waals surface area (Å²) in [6.45, 7) is 0.515. The van der Waals surface area contributed by atoms with E-state index in [2.05, 4.69) is 41.8 Å². The number of hydrogen-bond donors (Lipinski definition) is 0. The third kappa shape index (κ3) is 4.53. The van der Waals surface area contributed by atoms with Gasteiger partial charge in [-0.2, -0.15) is 0 Å². The van der Waals surface area contributed by atoms with E-state index in [0.717, 1.165) is 17.6 Å². The van der Waals surface area contributed by atoms with E-state index in [0.29, 0.717) is 16.3 Å². The van der Waals surface area contributed by atoms with Gasteiger partial charge in [-0.15, -0.1) is 0 Å². The number of alkyl halides is 1. The lowest BCUT2D eigenvalue weighted by Crippen LogP contribution is -2.38. The van der Waals surface area contributed by atoms with Crippen LogP contribution in [0.5, 0.6) is 0 Å². The number of esters is 1. The fraction of sp³-hybridized carbons (Fsp3) is 0.333. The number of sulfone groups is 1. The number of halogens is 2. The maximum atomic E-state index is 12.8. The molecule has 13 heteroatoms. The van der Waals surface area contributed by atoms with Crippen LogP contribution in [0.15, 0.2) is 33.2 Å². The summed E-state index contributed by atoms with van der Waals surface area (Å²) in [6.07, 6.45) is 2.74. The molecule has 9 nitrogen and oxygen atoms in total. The van der Waals surface area contributed by atoms with Crippen molar-refractivity contribution in [2.45, 2.75) is 10.4 Å². The van der Waals surface area contributed by atoms with Crippen LogP contribution in [0.3, 0.4) is 0 Å². The van der Waals surface area contributed by atoms with Gasteiger partial charge in [0.15, 0.2) is 15.0 Å². The molecule has 1 aliphatic rings. The minimum atomic E-state index is -3.47. The lowest BCUT2D eigenvalue weighted by molar-refractivity contribution is 0.0320. The number of amides is 2. The highest BCUT2D eigenvalue weighted by molar-refractivity contribution is 9.10. The van der Waals surface area contributed by atoms with Crippen LogP contribution in [-0.4, -0.2) is 66.2 Å². The molecule has 1 unspecified atom stereocenters. The first-order chi connectivity index (χ1) is 13.2. The van der Waals surface area contributed by atoms with Crippen molar-refractivity contribution >= 4 is 70.2 Å². The minimum Gasteiger partial charge on any atom is -0.434 e. The van der Waals surface area contributed by atoms with Crippen molar-refractivity contribution in [1.29, 1.82) is 0 Å². The molecule has 3 heterocycles. The van der Waals surface area contributed by atoms with Crippen molar-refractivity contribution in [2.75, 3.05) is 29.6 Å². The number of aromatic nitrogens is 2. The molecule has 1 aliphatic heterocycles. The summed E-state index contributed by atoms with van der Waals surface area (Å²) in [5.74, 6) is -0.704. The summed E-state index contributed by atoms with van der Waals surface area (Å²) >= 11 is 7.39. The standard InChI is InChI=1S/C15H14Br2N4O5S2/c1-28(24,25)12-7-19-14(27-12)21-11(8-20(5-3-16)15(21)23)26-13(22)10-6-9(17)2-4-18-10/h2,4,6-7,11H,3,5,8H2,1H3. The van der Waals surface area contributed by atoms with Gasteiger partial charge in [-0.05, 0) is 12.1 Å². The van der Waals surface area contributed by atoms with Crippen molar-refractivity contribution in [3.05, 3.63) is 34.7 Å². The topological polar surface area (TPSA) is 110 Å². The Kier molecular flexibility index (Phi) is 6.37. The van der Waals surface area contributed by atoms with E-state index in [1.165, 1.54) is 28.3 Å². The van der Waals surface area contributed by atoms with Crippen LogP contribution in [-0.2, 0) is 14.6 Å². The van der Waals surface area contributed by atoms with Gasteiger partial charge < -0.3 is 9.64 Å². The summed E-state index contributed by atoms with van der Waals surface area (Å²) in [7, 11) is -3.47. The maximum Gasteiger partial charge on any atom is 0.358 e. The normalized spacial score (nSPS) is 17.2. The van der Waals surface area contributed by atoms with E-state index in [1.807, 2.05) is 0 Å². The van der Waals surface area contributed by atoms with Gasteiger partial charge in [0.25, 0.3) is 0 Å². The first kappa shape index (κ1) is 21.1. The van der Waals surface area contributed by atoms with Crippen LogP contribution in [0.25, 0.3) is 0 Å². The summed E-state index contributed by atoms with van der Waals surface area (Å²) in [6, 6.07) is 2.75. The van der Waals surface area contributed by atoms with Gasteiger partial charge in [0.2, 0.25) is 6.23 Å². The molecule has 0 aliphatic carbocycles. The third-order valence-corrected chi connectivity index (χ3v) is 7.35. The summed E-state index contributed by atoms with van der Waals surface area (Å²) in [5.41, 5.74) is 0.0803. The molecule has 1 fully saturated rings. The van der Waals surface area contributed by atoms with Crippen LogP contribution >= 0.6 is 43.2 Å². The Balaban J connectivity index is 1.89. The fourth-order valence-electron chi connectivity index (χ4n) is 2.44. The zero-order valence-corrected chi connectivity index (χ0v) is 19.2. The highest BCUT2D eigenvalue weighted by atomic mass is 79.9. The van der Waals surface area contributed by atoms with Crippen molar-refractivity contribution in [3.63, 3.8) is 0 Å². The molecule has 150 valence electrons. The smallest absolute Gasteiger partial charge is 0.358 e. The first-order valence-electron chi connectivity index (χ1n) is 7.83. The Labute approximate surface area is 181 Å². The number of rotatable bonds is 6. The molecule has 0 spiro atoms. The monoisotopic (exact) mass is 552 g/mol. The Morgan fingerprint density at radius 2 is 2.18 bits per heavy atom. The largest absolute Gasteiger partial charge is 0.434 e. The lowest BCUT2D eigenvalue weighted by Gasteiger charge is -2.20. The van der Waals surface area contributed by atoms with Crippen LogP contribution in [0.4, 0.5) is 9.93 Å². The molecule has 0 aromatic carbocycles. The molecule has 0 saturated carbocycles. The summed E-state index contributed by atoms with van der Waals surface area (Å²) < 4.78 is 29.7. The van der Waals surface area contributed by atoms with E-state index in [4.69, 9.17) is 4.74 Å². The molecule has 1 saturated heterocycles. The summed E-state index contributed by atoms with van der Waals surface area (Å²) in [4.78, 5) is 35.9. The van der Waals surface area contributed by atoms with Crippen molar-refractivity contribution < 1.29 is 22.7 Å². The molecule has 1 atom stereocenters. The highest BCUT2D eigenvalue weighted by Gasteiger charge is 2.42. The van der Waals surface area contributed by atoms with Gasteiger partial charge in [-0.3, -0.25) is 0 Å². The predicted molar refractivity (Wildman–Crippen MR) is 110 cm³/mol. The Morgan fingerprint density at radius 1 is 1.43 bits per heavy atom. The second-order valence-corrected chi connectivity index (χ2v) is 10.7. The average molecular weight is 554 g/mol. The minimum absolute atomic E-state index is 0.0213. The molecule has 0 N–H and O–H groups in total. The predicted octanol–water partition coefficient (Wildman–Crippen LogP) is 2.52. The van der Waals surface area contributed by atoms with Gasteiger partial charge in [-0.1, -0.05) is 43.2 Å².